The van der Waals surface area contributed by atoms with E-state index >= 15 is 0 Å². The highest BCUT2D eigenvalue weighted by molar-refractivity contribution is 7.28. The first-order chi connectivity index (χ1) is 28.7. The van der Waals surface area contributed by atoms with Crippen molar-refractivity contribution in [3.05, 3.63) is 194 Å². The van der Waals surface area contributed by atoms with Crippen LogP contribution in [0.4, 0.5) is 17.1 Å². The van der Waals surface area contributed by atoms with Crippen molar-refractivity contribution in [2.45, 2.75) is 0 Å². The molecular weight excluding hydrogens is 745 g/mol. The fraction of sp³-hybridized carbons (Fsp3) is 0. The number of rotatable bonds is 6. The van der Waals surface area contributed by atoms with Gasteiger partial charge in [-0.25, -0.2) is 4.98 Å². The Hall–Kier alpha value is -7.05. The maximum atomic E-state index is 6.62. The predicted molar refractivity (Wildman–Crippen MR) is 248 cm³/mol. The Kier molecular flexibility index (Phi) is 7.58. The fourth-order valence-electron chi connectivity index (χ4n) is 8.54. The second kappa shape index (κ2) is 13.3. The molecule has 58 heavy (non-hydrogen) atoms. The maximum absolute atomic E-state index is 6.62. The lowest BCUT2D eigenvalue weighted by atomic mass is 9.98. The first kappa shape index (κ1) is 33.1. The van der Waals surface area contributed by atoms with Crippen LogP contribution in [0.15, 0.2) is 199 Å². The van der Waals surface area contributed by atoms with E-state index in [2.05, 4.69) is 187 Å². The summed E-state index contributed by atoms with van der Waals surface area (Å²) in [7, 11) is 0. The molecule has 0 amide bonds. The lowest BCUT2D eigenvalue weighted by molar-refractivity contribution is 0.669. The van der Waals surface area contributed by atoms with Crippen LogP contribution in [0.1, 0.15) is 0 Å². The number of nitrogens with zero attached hydrogens (tertiary/aromatic N) is 2. The Labute approximate surface area is 342 Å². The van der Waals surface area contributed by atoms with E-state index < -0.39 is 0 Å². The van der Waals surface area contributed by atoms with E-state index in [-0.39, 0.29) is 0 Å². The molecule has 5 heteroatoms. The monoisotopic (exact) mass is 776 g/mol. The van der Waals surface area contributed by atoms with E-state index in [0.29, 0.717) is 0 Å². The van der Waals surface area contributed by atoms with Crippen molar-refractivity contribution in [3.63, 3.8) is 0 Å². The fourth-order valence-corrected chi connectivity index (χ4v) is 10.8. The third kappa shape index (κ3) is 5.36. The third-order valence-corrected chi connectivity index (χ3v) is 13.6. The second-order valence-corrected chi connectivity index (χ2v) is 16.8. The molecule has 0 spiro atoms. The third-order valence-electron chi connectivity index (χ3n) is 11.3. The number of hydrogen-bond donors (Lipinski definition) is 0. The standard InChI is InChI=1S/C53H32N2OS2/c1-2-11-36(12-3-1)53-54-45-29-31-49-50(52(45)58-53)44-32-37(24-30-48(44)57-49)33-20-25-38(26-21-33)55(46-18-9-17-43-42-15-6-7-19-47(42)56-51(43)46)39-27-22-35(23-28-39)41-16-8-13-34-10-4-5-14-40(34)41/h1-32H. The SMILES string of the molecule is c1ccc(-c2nc3ccc4sc5ccc(-c6ccc(N(c7ccc(-c8cccc9ccccc89)cc7)c7cccc8c7oc7ccccc78)cc6)cc5c4c3s2)cc1. The molecule has 3 aromatic heterocycles. The van der Waals surface area contributed by atoms with Gasteiger partial charge >= 0.3 is 0 Å². The first-order valence-corrected chi connectivity index (χ1v) is 21.1. The molecule has 0 aliphatic carbocycles. The minimum Gasteiger partial charge on any atom is -0.454 e. The van der Waals surface area contributed by atoms with Gasteiger partial charge < -0.3 is 9.32 Å². The summed E-state index contributed by atoms with van der Waals surface area (Å²) in [5.74, 6) is 0. The Bertz CT molecular complexity index is 3500. The number of fused-ring (bicyclic) bond motifs is 9. The van der Waals surface area contributed by atoms with Crippen LogP contribution < -0.4 is 4.90 Å². The van der Waals surface area contributed by atoms with E-state index in [9.17, 15) is 0 Å². The summed E-state index contributed by atoms with van der Waals surface area (Å²) in [6, 6.07) is 69.5. The van der Waals surface area contributed by atoms with E-state index in [1.54, 1.807) is 11.3 Å². The van der Waals surface area contributed by atoms with Gasteiger partial charge in [0.05, 0.1) is 15.9 Å². The molecule has 9 aromatic carbocycles. The molecule has 3 nitrogen and oxygen atoms in total. The van der Waals surface area contributed by atoms with Crippen LogP contribution >= 0.6 is 22.7 Å². The quantitative estimate of drug-likeness (QED) is 0.168. The Morgan fingerprint density at radius 3 is 1.97 bits per heavy atom. The number of anilines is 3. The first-order valence-electron chi connectivity index (χ1n) is 19.4. The zero-order valence-corrected chi connectivity index (χ0v) is 32.7. The van der Waals surface area contributed by atoms with Crippen molar-refractivity contribution >= 4 is 103 Å². The van der Waals surface area contributed by atoms with Gasteiger partial charge in [0.2, 0.25) is 0 Å². The smallest absolute Gasteiger partial charge is 0.159 e. The van der Waals surface area contributed by atoms with Gasteiger partial charge in [0.1, 0.15) is 10.6 Å². The van der Waals surface area contributed by atoms with Crippen molar-refractivity contribution in [3.8, 4) is 32.8 Å². The van der Waals surface area contributed by atoms with Gasteiger partial charge in [-0.3, -0.25) is 0 Å². The lowest BCUT2D eigenvalue weighted by Crippen LogP contribution is -2.10. The Morgan fingerprint density at radius 1 is 0.448 bits per heavy atom. The van der Waals surface area contributed by atoms with Gasteiger partial charge in [0, 0.05) is 47.9 Å². The molecule has 12 aromatic rings. The van der Waals surface area contributed by atoms with Crippen LogP contribution in [0.2, 0.25) is 0 Å². The molecular formula is C53H32N2OS2. The summed E-state index contributed by atoms with van der Waals surface area (Å²) in [5.41, 5.74) is 11.8. The van der Waals surface area contributed by atoms with Crippen LogP contribution in [-0.2, 0) is 0 Å². The average Bonchev–Trinajstić information content (AvgIpc) is 4.01. The van der Waals surface area contributed by atoms with Crippen molar-refractivity contribution < 1.29 is 4.42 Å². The highest BCUT2D eigenvalue weighted by Gasteiger charge is 2.20. The molecule has 0 unspecified atom stereocenters. The Balaban J connectivity index is 0.970. The van der Waals surface area contributed by atoms with Crippen molar-refractivity contribution in [1.82, 2.24) is 4.98 Å². The van der Waals surface area contributed by atoms with Crippen LogP contribution in [0.3, 0.4) is 0 Å². The topological polar surface area (TPSA) is 29.3 Å². The minimum atomic E-state index is 0.866. The Morgan fingerprint density at radius 2 is 1.12 bits per heavy atom. The van der Waals surface area contributed by atoms with Gasteiger partial charge in [-0.05, 0) is 93.7 Å². The predicted octanol–water partition coefficient (Wildman–Crippen LogP) is 16.2. The number of aromatic nitrogens is 1. The molecule has 0 fully saturated rings. The van der Waals surface area contributed by atoms with Gasteiger partial charge in [-0.2, -0.15) is 0 Å². The van der Waals surface area contributed by atoms with E-state index in [4.69, 9.17) is 9.40 Å². The zero-order valence-electron chi connectivity index (χ0n) is 31.1. The number of para-hydroxylation sites is 2. The number of thiophene rings is 1. The molecule has 0 aliphatic heterocycles. The molecule has 272 valence electrons. The summed E-state index contributed by atoms with van der Waals surface area (Å²) in [6.45, 7) is 0. The van der Waals surface area contributed by atoms with Crippen molar-refractivity contribution in [1.29, 1.82) is 0 Å². The van der Waals surface area contributed by atoms with Crippen LogP contribution in [0.5, 0.6) is 0 Å². The number of benzene rings is 9. The summed E-state index contributed by atoms with van der Waals surface area (Å²) in [5, 5.41) is 8.34. The van der Waals surface area contributed by atoms with Crippen molar-refractivity contribution in [2.75, 3.05) is 4.90 Å². The van der Waals surface area contributed by atoms with E-state index in [1.165, 1.54) is 57.9 Å². The van der Waals surface area contributed by atoms with Gasteiger partial charge in [0.25, 0.3) is 0 Å². The molecule has 0 aliphatic rings. The molecule has 0 saturated carbocycles. The number of hydrogen-bond acceptors (Lipinski definition) is 5. The number of thiazole rings is 1. The highest BCUT2D eigenvalue weighted by atomic mass is 32.1. The van der Waals surface area contributed by atoms with Crippen LogP contribution in [-0.4, -0.2) is 4.98 Å². The summed E-state index contributed by atoms with van der Waals surface area (Å²) in [4.78, 5) is 7.37. The maximum Gasteiger partial charge on any atom is 0.159 e. The van der Waals surface area contributed by atoms with E-state index in [1.807, 2.05) is 23.5 Å². The largest absolute Gasteiger partial charge is 0.454 e. The molecule has 3 heterocycles. The van der Waals surface area contributed by atoms with Crippen LogP contribution in [0.25, 0.3) is 95.9 Å². The summed E-state index contributed by atoms with van der Waals surface area (Å²) < 4.78 is 10.4. The lowest BCUT2D eigenvalue weighted by Gasteiger charge is -2.26. The van der Waals surface area contributed by atoms with Crippen molar-refractivity contribution in [2.24, 2.45) is 0 Å². The molecule has 0 N–H and O–H groups in total. The van der Waals surface area contributed by atoms with Crippen LogP contribution in [0, 0.1) is 0 Å². The molecule has 12 rings (SSSR count). The van der Waals surface area contributed by atoms with Gasteiger partial charge in [-0.1, -0.05) is 133 Å². The van der Waals surface area contributed by atoms with Gasteiger partial charge in [-0.15, -0.1) is 22.7 Å². The van der Waals surface area contributed by atoms with E-state index in [0.717, 1.165) is 55.1 Å². The second-order valence-electron chi connectivity index (χ2n) is 14.7. The minimum absolute atomic E-state index is 0.866. The summed E-state index contributed by atoms with van der Waals surface area (Å²) >= 11 is 3.64. The molecule has 0 atom stereocenters. The van der Waals surface area contributed by atoms with Gasteiger partial charge in [0.15, 0.2) is 5.58 Å². The molecule has 0 saturated heterocycles. The normalized spacial score (nSPS) is 11.8. The molecule has 0 bridgehead atoms. The zero-order chi connectivity index (χ0) is 38.2. The average molecular weight is 777 g/mol. The number of furan rings is 1. The highest BCUT2D eigenvalue weighted by Crippen LogP contribution is 2.45. The molecule has 0 radical (unpaired) electrons. The summed E-state index contributed by atoms with van der Waals surface area (Å²) in [6.07, 6.45) is 0.